The van der Waals surface area contributed by atoms with Crippen molar-refractivity contribution in [3.05, 3.63) is 59.9 Å². The summed E-state index contributed by atoms with van der Waals surface area (Å²) >= 11 is 0. The van der Waals surface area contributed by atoms with Crippen molar-refractivity contribution in [1.82, 2.24) is 10.2 Å². The highest BCUT2D eigenvalue weighted by Crippen LogP contribution is 2.31. The van der Waals surface area contributed by atoms with Crippen LogP contribution >= 0.6 is 0 Å². The Morgan fingerprint density at radius 2 is 2.04 bits per heavy atom. The Hall–Kier alpha value is -2.93. The average Bonchev–Trinajstić information content (AvgIpc) is 2.64. The van der Waals surface area contributed by atoms with Crippen molar-refractivity contribution in [2.45, 2.75) is 6.04 Å². The Morgan fingerprint density at radius 1 is 1.26 bits per heavy atom. The summed E-state index contributed by atoms with van der Waals surface area (Å²) in [7, 11) is 3.73. The van der Waals surface area contributed by atoms with Gasteiger partial charge in [0.25, 0.3) is 5.91 Å². The van der Waals surface area contributed by atoms with Crippen LogP contribution in [0.25, 0.3) is 0 Å². The number of carbonyl (C=O) groups is 2. The number of para-hydroxylation sites is 2. The van der Waals surface area contributed by atoms with Gasteiger partial charge in [0.1, 0.15) is 18.1 Å². The van der Waals surface area contributed by atoms with Crippen LogP contribution in [0.1, 0.15) is 11.6 Å². The molecule has 1 aliphatic rings. The van der Waals surface area contributed by atoms with Crippen molar-refractivity contribution in [2.24, 2.45) is 0 Å². The Balaban J connectivity index is 1.66. The molecule has 7 heteroatoms. The number of fused-ring (bicyclic) bond motifs is 1. The maximum absolute atomic E-state index is 13.5. The Morgan fingerprint density at radius 3 is 2.78 bits per heavy atom. The zero-order chi connectivity index (χ0) is 19.4. The van der Waals surface area contributed by atoms with Gasteiger partial charge in [-0.05, 0) is 43.9 Å². The highest BCUT2D eigenvalue weighted by molar-refractivity contribution is 6.02. The number of halogens is 1. The molecule has 0 radical (unpaired) electrons. The molecule has 3 rings (SSSR count). The van der Waals surface area contributed by atoms with Gasteiger partial charge in [-0.2, -0.15) is 0 Å². The second kappa shape index (κ2) is 8.18. The number of hydrogen-bond acceptors (Lipinski definition) is 4. The van der Waals surface area contributed by atoms with Crippen LogP contribution in [0.2, 0.25) is 0 Å². The van der Waals surface area contributed by atoms with Gasteiger partial charge in [0, 0.05) is 6.54 Å². The van der Waals surface area contributed by atoms with E-state index < -0.39 is 0 Å². The van der Waals surface area contributed by atoms with Gasteiger partial charge in [-0.25, -0.2) is 4.39 Å². The molecule has 142 valence electrons. The van der Waals surface area contributed by atoms with Crippen molar-refractivity contribution in [2.75, 3.05) is 38.7 Å². The van der Waals surface area contributed by atoms with Gasteiger partial charge >= 0.3 is 0 Å². The minimum absolute atomic E-state index is 0.0894. The molecular weight excluding hydrogens is 349 g/mol. The lowest BCUT2D eigenvalue weighted by atomic mass is 10.1. The summed E-state index contributed by atoms with van der Waals surface area (Å²) in [5, 5.41) is 2.84. The number of carbonyl (C=O) groups excluding carboxylic acids is 2. The number of anilines is 1. The predicted molar refractivity (Wildman–Crippen MR) is 100 cm³/mol. The number of hydrogen-bond donors (Lipinski definition) is 1. The number of benzene rings is 2. The highest BCUT2D eigenvalue weighted by atomic mass is 19.1. The maximum Gasteiger partial charge on any atom is 0.265 e. The lowest BCUT2D eigenvalue weighted by molar-refractivity contribution is -0.125. The van der Waals surface area contributed by atoms with Gasteiger partial charge in [0.2, 0.25) is 5.91 Å². The van der Waals surface area contributed by atoms with Crippen LogP contribution in [-0.2, 0) is 9.59 Å². The summed E-state index contributed by atoms with van der Waals surface area (Å²) in [6.45, 7) is 0.117. The second-order valence-electron chi connectivity index (χ2n) is 6.57. The van der Waals surface area contributed by atoms with Crippen LogP contribution in [0, 0.1) is 5.82 Å². The van der Waals surface area contributed by atoms with Gasteiger partial charge < -0.3 is 15.0 Å². The molecule has 2 aromatic rings. The van der Waals surface area contributed by atoms with Crippen LogP contribution in [0.4, 0.5) is 10.1 Å². The molecule has 0 saturated carbocycles. The van der Waals surface area contributed by atoms with E-state index in [0.717, 1.165) is 5.56 Å². The lowest BCUT2D eigenvalue weighted by Gasteiger charge is -2.29. The van der Waals surface area contributed by atoms with Gasteiger partial charge in [-0.1, -0.05) is 24.3 Å². The van der Waals surface area contributed by atoms with Crippen molar-refractivity contribution in [3.63, 3.8) is 0 Å². The quantitative estimate of drug-likeness (QED) is 0.843. The van der Waals surface area contributed by atoms with Crippen LogP contribution in [0.5, 0.6) is 5.75 Å². The third-order valence-electron chi connectivity index (χ3n) is 4.46. The molecule has 0 fully saturated rings. The fraction of sp³-hybridized carbons (Fsp3) is 0.300. The SMILES string of the molecule is CN(C)[C@@H](CNC(=O)CN1C(=O)COc2ccccc21)c1cccc(F)c1. The number of ether oxygens (including phenoxy) is 1. The van der Waals surface area contributed by atoms with Crippen molar-refractivity contribution in [3.8, 4) is 5.75 Å². The second-order valence-corrected chi connectivity index (χ2v) is 6.57. The van der Waals surface area contributed by atoms with Crippen molar-refractivity contribution < 1.29 is 18.7 Å². The predicted octanol–water partition coefficient (Wildman–Crippen LogP) is 1.97. The summed E-state index contributed by atoms with van der Waals surface area (Å²) in [6.07, 6.45) is 0. The average molecular weight is 371 g/mol. The van der Waals surface area contributed by atoms with Crippen molar-refractivity contribution in [1.29, 1.82) is 0 Å². The molecule has 6 nitrogen and oxygen atoms in total. The molecule has 1 N–H and O–H groups in total. The number of nitrogens with zero attached hydrogens (tertiary/aromatic N) is 2. The van der Waals surface area contributed by atoms with Crippen LogP contribution in [0.3, 0.4) is 0 Å². The molecular formula is C20H22FN3O3. The minimum atomic E-state index is -0.318. The Kier molecular flexibility index (Phi) is 5.71. The topological polar surface area (TPSA) is 61.9 Å². The fourth-order valence-electron chi connectivity index (χ4n) is 3.05. The summed E-state index contributed by atoms with van der Waals surface area (Å²) in [4.78, 5) is 27.9. The van der Waals surface area contributed by atoms with Crippen LogP contribution in [-0.4, -0.2) is 50.5 Å². The molecule has 27 heavy (non-hydrogen) atoms. The Labute approximate surface area is 157 Å². The third kappa shape index (κ3) is 4.43. The first kappa shape index (κ1) is 18.8. The summed E-state index contributed by atoms with van der Waals surface area (Å²) in [5.74, 6) is -0.293. The monoisotopic (exact) mass is 371 g/mol. The van der Waals surface area contributed by atoms with Gasteiger partial charge in [-0.15, -0.1) is 0 Å². The third-order valence-corrected chi connectivity index (χ3v) is 4.46. The summed E-state index contributed by atoms with van der Waals surface area (Å²) in [5.41, 5.74) is 1.35. The van der Waals surface area contributed by atoms with Gasteiger partial charge in [0.15, 0.2) is 6.61 Å². The van der Waals surface area contributed by atoms with E-state index in [1.54, 1.807) is 24.3 Å². The standard InChI is InChI=1S/C20H22FN3O3/c1-23(2)17(14-6-5-7-15(21)10-14)11-22-19(25)12-24-16-8-3-4-9-18(16)27-13-20(24)26/h3-10,17H,11-13H2,1-2H3,(H,22,25)/t17-/m0/s1. The number of amides is 2. The zero-order valence-electron chi connectivity index (χ0n) is 15.3. The van der Waals surface area contributed by atoms with E-state index in [2.05, 4.69) is 5.32 Å². The normalized spacial score (nSPS) is 14.5. The van der Waals surface area contributed by atoms with E-state index >= 15 is 0 Å². The Bertz CT molecular complexity index is 841. The molecule has 0 unspecified atom stereocenters. The van der Waals surface area contributed by atoms with E-state index in [1.807, 2.05) is 31.1 Å². The van der Waals surface area contributed by atoms with E-state index in [4.69, 9.17) is 4.74 Å². The fourth-order valence-corrected chi connectivity index (χ4v) is 3.05. The number of likely N-dealkylation sites (N-methyl/N-ethyl adjacent to an activating group) is 1. The van der Waals surface area contributed by atoms with E-state index in [-0.39, 0.29) is 36.8 Å². The molecule has 1 atom stereocenters. The molecule has 0 saturated heterocycles. The highest BCUT2D eigenvalue weighted by Gasteiger charge is 2.27. The molecule has 1 aliphatic heterocycles. The zero-order valence-corrected chi connectivity index (χ0v) is 15.3. The van der Waals surface area contributed by atoms with Crippen molar-refractivity contribution >= 4 is 17.5 Å². The molecule has 2 amide bonds. The molecule has 0 aromatic heterocycles. The molecule has 0 spiro atoms. The number of nitrogens with one attached hydrogen (secondary N) is 1. The summed E-state index contributed by atoms with van der Waals surface area (Å²) in [6, 6.07) is 13.2. The maximum atomic E-state index is 13.5. The van der Waals surface area contributed by atoms with Crippen LogP contribution in [0.15, 0.2) is 48.5 Å². The first-order valence-electron chi connectivity index (χ1n) is 8.66. The largest absolute Gasteiger partial charge is 0.482 e. The lowest BCUT2D eigenvalue weighted by Crippen LogP contribution is -2.46. The first-order chi connectivity index (χ1) is 13.0. The first-order valence-corrected chi connectivity index (χ1v) is 8.66. The molecule has 1 heterocycles. The molecule has 2 aromatic carbocycles. The van der Waals surface area contributed by atoms with Crippen LogP contribution < -0.4 is 15.0 Å². The summed E-state index contributed by atoms with van der Waals surface area (Å²) < 4.78 is 18.9. The van der Waals surface area contributed by atoms with Gasteiger partial charge in [-0.3, -0.25) is 14.5 Å². The van der Waals surface area contributed by atoms with E-state index in [9.17, 15) is 14.0 Å². The number of rotatable bonds is 6. The van der Waals surface area contributed by atoms with E-state index in [0.29, 0.717) is 18.0 Å². The van der Waals surface area contributed by atoms with Gasteiger partial charge in [0.05, 0.1) is 11.7 Å². The molecule has 0 aliphatic carbocycles. The molecule has 0 bridgehead atoms. The minimum Gasteiger partial charge on any atom is -0.482 e. The van der Waals surface area contributed by atoms with E-state index in [1.165, 1.54) is 17.0 Å². The smallest absolute Gasteiger partial charge is 0.265 e.